The van der Waals surface area contributed by atoms with Crippen LogP contribution in [0.2, 0.25) is 0 Å². The first-order valence-corrected chi connectivity index (χ1v) is 9.75. The van der Waals surface area contributed by atoms with Crippen molar-refractivity contribution in [1.29, 1.82) is 0 Å². The quantitative estimate of drug-likeness (QED) is 0.674. The number of carboxylic acid groups (broad SMARTS) is 1. The molecule has 1 aliphatic rings. The molecule has 1 aromatic rings. The fraction of sp³-hybridized carbons (Fsp3) is 0.500. The van der Waals surface area contributed by atoms with Gasteiger partial charge in [-0.15, -0.1) is 11.8 Å². The van der Waals surface area contributed by atoms with E-state index in [1.807, 2.05) is 19.1 Å². The highest BCUT2D eigenvalue weighted by Gasteiger charge is 2.33. The molecule has 1 heterocycles. The Morgan fingerprint density at radius 2 is 2.04 bits per heavy atom. The van der Waals surface area contributed by atoms with Crippen molar-refractivity contribution in [3.63, 3.8) is 0 Å². The molecular formula is C18H24N2O5S. The van der Waals surface area contributed by atoms with E-state index >= 15 is 0 Å². The Morgan fingerprint density at radius 3 is 2.69 bits per heavy atom. The summed E-state index contributed by atoms with van der Waals surface area (Å²) in [7, 11) is 0. The van der Waals surface area contributed by atoms with Gasteiger partial charge in [-0.2, -0.15) is 0 Å². The van der Waals surface area contributed by atoms with Gasteiger partial charge in [0, 0.05) is 18.7 Å². The van der Waals surface area contributed by atoms with Crippen molar-refractivity contribution in [3.05, 3.63) is 29.8 Å². The third-order valence-electron chi connectivity index (χ3n) is 3.97. The zero-order valence-electron chi connectivity index (χ0n) is 14.8. The number of amides is 2. The van der Waals surface area contributed by atoms with Gasteiger partial charge in [0.1, 0.15) is 11.8 Å². The van der Waals surface area contributed by atoms with Crippen molar-refractivity contribution < 1.29 is 24.2 Å². The van der Waals surface area contributed by atoms with Crippen LogP contribution in [-0.2, 0) is 20.8 Å². The molecule has 7 nitrogen and oxygen atoms in total. The smallest absolute Gasteiger partial charge is 0.341 e. The van der Waals surface area contributed by atoms with Crippen molar-refractivity contribution >= 4 is 29.5 Å². The van der Waals surface area contributed by atoms with Crippen LogP contribution in [0.5, 0.6) is 5.75 Å². The monoisotopic (exact) mass is 380 g/mol. The topological polar surface area (TPSA) is 95.9 Å². The lowest BCUT2D eigenvalue weighted by molar-refractivity contribution is -0.139. The number of hydrogen-bond acceptors (Lipinski definition) is 5. The molecule has 142 valence electrons. The van der Waals surface area contributed by atoms with E-state index in [1.165, 1.54) is 0 Å². The normalized spacial score (nSPS) is 16.3. The van der Waals surface area contributed by atoms with Gasteiger partial charge < -0.3 is 20.1 Å². The van der Waals surface area contributed by atoms with Crippen molar-refractivity contribution in [2.24, 2.45) is 0 Å². The van der Waals surface area contributed by atoms with Crippen LogP contribution in [0.15, 0.2) is 24.3 Å². The van der Waals surface area contributed by atoms with Gasteiger partial charge in [0.15, 0.2) is 6.61 Å². The number of ether oxygens (including phenoxy) is 1. The molecule has 26 heavy (non-hydrogen) atoms. The predicted molar refractivity (Wildman–Crippen MR) is 99.2 cm³/mol. The highest BCUT2D eigenvalue weighted by Crippen LogP contribution is 2.22. The fourth-order valence-electron chi connectivity index (χ4n) is 2.61. The molecule has 1 fully saturated rings. The Balaban J connectivity index is 1.77. The van der Waals surface area contributed by atoms with E-state index in [9.17, 15) is 14.4 Å². The van der Waals surface area contributed by atoms with Crippen LogP contribution in [0, 0.1) is 0 Å². The lowest BCUT2D eigenvalue weighted by Crippen LogP contribution is -2.47. The van der Waals surface area contributed by atoms with Crippen LogP contribution in [0.4, 0.5) is 0 Å². The Labute approximate surface area is 157 Å². The second-order valence-corrected chi connectivity index (χ2v) is 7.00. The summed E-state index contributed by atoms with van der Waals surface area (Å²) in [6.45, 7) is 2.06. The van der Waals surface area contributed by atoms with E-state index in [4.69, 9.17) is 9.84 Å². The molecule has 2 rings (SSSR count). The summed E-state index contributed by atoms with van der Waals surface area (Å²) in [5.41, 5.74) is 1.01. The van der Waals surface area contributed by atoms with Crippen LogP contribution in [0.3, 0.4) is 0 Å². The number of nitrogens with zero attached hydrogens (tertiary/aromatic N) is 1. The summed E-state index contributed by atoms with van der Waals surface area (Å²) in [6.07, 6.45) is 1.90. The standard InChI is InChI=1S/C18H24N2O5S/c1-2-3-16(21)20-12-26-11-15(20)18(24)19-9-8-13-4-6-14(7-5-13)25-10-17(22)23/h4-7,15H,2-3,8-12H2,1H3,(H,19,24)(H,22,23). The average molecular weight is 380 g/mol. The molecule has 1 saturated heterocycles. The summed E-state index contributed by atoms with van der Waals surface area (Å²) in [5, 5.41) is 11.5. The molecule has 2 amide bonds. The number of thioether (sulfide) groups is 1. The largest absolute Gasteiger partial charge is 0.482 e. The van der Waals surface area contributed by atoms with Gasteiger partial charge in [0.25, 0.3) is 0 Å². The molecule has 0 spiro atoms. The zero-order valence-corrected chi connectivity index (χ0v) is 15.6. The molecule has 1 atom stereocenters. The first-order valence-electron chi connectivity index (χ1n) is 8.59. The van der Waals surface area contributed by atoms with Crippen molar-refractivity contribution in [2.75, 3.05) is 24.8 Å². The Kier molecular flexibility index (Phi) is 7.77. The van der Waals surface area contributed by atoms with E-state index in [0.717, 1.165) is 12.0 Å². The lowest BCUT2D eigenvalue weighted by Gasteiger charge is -2.23. The molecule has 0 aromatic heterocycles. The number of benzene rings is 1. The molecule has 1 unspecified atom stereocenters. The third-order valence-corrected chi connectivity index (χ3v) is 4.98. The molecule has 0 saturated carbocycles. The van der Waals surface area contributed by atoms with Gasteiger partial charge in [0.05, 0.1) is 5.88 Å². The van der Waals surface area contributed by atoms with Crippen molar-refractivity contribution in [3.8, 4) is 5.75 Å². The highest BCUT2D eigenvalue weighted by molar-refractivity contribution is 7.99. The lowest BCUT2D eigenvalue weighted by atomic mass is 10.1. The Morgan fingerprint density at radius 1 is 1.31 bits per heavy atom. The summed E-state index contributed by atoms with van der Waals surface area (Å²) in [4.78, 5) is 36.6. The zero-order chi connectivity index (χ0) is 18.9. The maximum Gasteiger partial charge on any atom is 0.341 e. The van der Waals surface area contributed by atoms with E-state index in [-0.39, 0.29) is 24.5 Å². The second kappa shape index (κ2) is 10.1. The minimum absolute atomic E-state index is 0.0367. The summed E-state index contributed by atoms with van der Waals surface area (Å²) in [6, 6.07) is 6.71. The average Bonchev–Trinajstić information content (AvgIpc) is 3.11. The molecule has 8 heteroatoms. The number of rotatable bonds is 9. The van der Waals surface area contributed by atoms with Crippen LogP contribution < -0.4 is 10.1 Å². The van der Waals surface area contributed by atoms with Gasteiger partial charge in [-0.25, -0.2) is 4.79 Å². The predicted octanol–water partition coefficient (Wildman–Crippen LogP) is 1.51. The number of carbonyl (C=O) groups excluding carboxylic acids is 2. The summed E-state index contributed by atoms with van der Waals surface area (Å²) in [5.74, 6) is 0.614. The third kappa shape index (κ3) is 5.94. The molecular weight excluding hydrogens is 356 g/mol. The van der Waals surface area contributed by atoms with Crippen LogP contribution in [0.1, 0.15) is 25.3 Å². The number of hydrogen-bond donors (Lipinski definition) is 2. The summed E-state index contributed by atoms with van der Waals surface area (Å²) < 4.78 is 5.08. The van der Waals surface area contributed by atoms with Gasteiger partial charge in [-0.3, -0.25) is 9.59 Å². The van der Waals surface area contributed by atoms with E-state index in [2.05, 4.69) is 5.32 Å². The minimum atomic E-state index is -1.02. The first kappa shape index (κ1) is 20.1. The highest BCUT2D eigenvalue weighted by atomic mass is 32.2. The molecule has 0 radical (unpaired) electrons. The van der Waals surface area contributed by atoms with Gasteiger partial charge in [-0.1, -0.05) is 19.1 Å². The summed E-state index contributed by atoms with van der Waals surface area (Å²) >= 11 is 1.60. The second-order valence-electron chi connectivity index (χ2n) is 6.00. The van der Waals surface area contributed by atoms with Crippen molar-refractivity contribution in [1.82, 2.24) is 10.2 Å². The van der Waals surface area contributed by atoms with Gasteiger partial charge in [-0.05, 0) is 30.5 Å². The fourth-order valence-corrected chi connectivity index (χ4v) is 3.79. The maximum atomic E-state index is 12.4. The Bertz CT molecular complexity index is 635. The number of carboxylic acids is 1. The van der Waals surface area contributed by atoms with E-state index in [1.54, 1.807) is 28.8 Å². The molecule has 1 aromatic carbocycles. The Hall–Kier alpha value is -2.22. The number of carbonyl (C=O) groups is 3. The van der Waals surface area contributed by atoms with Crippen LogP contribution in [0.25, 0.3) is 0 Å². The maximum absolute atomic E-state index is 12.4. The van der Waals surface area contributed by atoms with Crippen molar-refractivity contribution in [2.45, 2.75) is 32.2 Å². The minimum Gasteiger partial charge on any atom is -0.482 e. The molecule has 2 N–H and O–H groups in total. The van der Waals surface area contributed by atoms with E-state index in [0.29, 0.717) is 36.8 Å². The molecule has 1 aliphatic heterocycles. The molecule has 0 aliphatic carbocycles. The molecule has 0 bridgehead atoms. The number of aliphatic carboxylic acids is 1. The first-order chi connectivity index (χ1) is 12.5. The van der Waals surface area contributed by atoms with Crippen LogP contribution >= 0.6 is 11.8 Å². The van der Waals surface area contributed by atoms with Gasteiger partial charge in [0.2, 0.25) is 11.8 Å². The SMILES string of the molecule is CCCC(=O)N1CSCC1C(=O)NCCc1ccc(OCC(=O)O)cc1. The van der Waals surface area contributed by atoms with Crippen LogP contribution in [-0.4, -0.2) is 58.6 Å². The van der Waals surface area contributed by atoms with Gasteiger partial charge >= 0.3 is 5.97 Å². The van der Waals surface area contributed by atoms with E-state index < -0.39 is 5.97 Å². The number of nitrogens with one attached hydrogen (secondary N) is 1.